The Morgan fingerprint density at radius 2 is 2.06 bits per heavy atom. The number of halogens is 3. The highest BCUT2D eigenvalue weighted by atomic mass is 19.4. The number of alkyl halides is 3. The molecule has 0 aromatic heterocycles. The van der Waals surface area contributed by atoms with E-state index in [1.165, 1.54) is 11.4 Å². The molecule has 0 saturated carbocycles. The average Bonchev–Trinajstić information content (AvgIpc) is 2.14. The predicted octanol–water partition coefficient (Wildman–Crippen LogP) is 0.321. The van der Waals surface area contributed by atoms with Crippen LogP contribution < -0.4 is 5.32 Å². The van der Waals surface area contributed by atoms with Gasteiger partial charge < -0.3 is 15.2 Å². The van der Waals surface area contributed by atoms with E-state index in [-0.39, 0.29) is 6.61 Å². The third kappa shape index (κ3) is 5.35. The van der Waals surface area contributed by atoms with Crippen molar-refractivity contribution >= 4 is 11.9 Å². The summed E-state index contributed by atoms with van der Waals surface area (Å²) in [5.74, 6) is -3.93. The van der Waals surface area contributed by atoms with Gasteiger partial charge in [-0.25, -0.2) is 4.79 Å². The monoisotopic (exact) mass is 241 g/mol. The van der Waals surface area contributed by atoms with Gasteiger partial charge in [-0.3, -0.25) is 4.79 Å². The summed E-state index contributed by atoms with van der Waals surface area (Å²) in [6.45, 7) is 2.67. The van der Waals surface area contributed by atoms with Gasteiger partial charge in [-0.15, -0.1) is 6.58 Å². The molecular formula is C8H10F3NO4. The molecule has 0 aliphatic heterocycles. The largest absolute Gasteiger partial charge is 0.480 e. The van der Waals surface area contributed by atoms with E-state index in [9.17, 15) is 22.8 Å². The van der Waals surface area contributed by atoms with Gasteiger partial charge in [-0.2, -0.15) is 13.2 Å². The van der Waals surface area contributed by atoms with E-state index in [1.54, 1.807) is 0 Å². The van der Waals surface area contributed by atoms with Crippen LogP contribution in [0.1, 0.15) is 0 Å². The highest BCUT2D eigenvalue weighted by molar-refractivity contribution is 5.86. The molecule has 16 heavy (non-hydrogen) atoms. The molecule has 92 valence electrons. The van der Waals surface area contributed by atoms with Crippen LogP contribution in [-0.2, 0) is 14.3 Å². The normalized spacial score (nSPS) is 12.9. The van der Waals surface area contributed by atoms with Gasteiger partial charge in [0.15, 0.2) is 6.04 Å². The second kappa shape index (κ2) is 6.11. The van der Waals surface area contributed by atoms with Gasteiger partial charge in [0.25, 0.3) is 0 Å². The van der Waals surface area contributed by atoms with Crippen LogP contribution in [0.5, 0.6) is 0 Å². The van der Waals surface area contributed by atoms with Crippen molar-refractivity contribution in [3.8, 4) is 0 Å². The number of rotatable bonds is 6. The first-order valence-electron chi connectivity index (χ1n) is 4.08. The Bertz CT molecular complexity index is 277. The molecule has 0 bridgehead atoms. The molecule has 0 aliphatic carbocycles. The zero-order chi connectivity index (χ0) is 12.8. The fourth-order valence-corrected chi connectivity index (χ4v) is 0.684. The molecule has 1 amide bonds. The van der Waals surface area contributed by atoms with Gasteiger partial charge >= 0.3 is 18.1 Å². The van der Waals surface area contributed by atoms with Crippen molar-refractivity contribution in [1.82, 2.24) is 5.32 Å². The summed E-state index contributed by atoms with van der Waals surface area (Å²) in [5.41, 5.74) is 0. The van der Waals surface area contributed by atoms with E-state index < -0.39 is 30.7 Å². The predicted molar refractivity (Wildman–Crippen MR) is 46.6 cm³/mol. The highest BCUT2D eigenvalue weighted by Gasteiger charge is 2.40. The minimum absolute atomic E-state index is 0.0222. The van der Waals surface area contributed by atoms with Crippen LogP contribution in [0.3, 0.4) is 0 Å². The second-order valence-electron chi connectivity index (χ2n) is 2.69. The second-order valence-corrected chi connectivity index (χ2v) is 2.69. The van der Waals surface area contributed by atoms with Gasteiger partial charge in [-0.1, -0.05) is 6.08 Å². The molecule has 0 aromatic rings. The summed E-state index contributed by atoms with van der Waals surface area (Å²) in [4.78, 5) is 20.9. The molecule has 0 saturated heterocycles. The van der Waals surface area contributed by atoms with Gasteiger partial charge in [0.1, 0.15) is 0 Å². The van der Waals surface area contributed by atoms with Crippen LogP contribution in [0.15, 0.2) is 12.7 Å². The molecule has 0 rings (SSSR count). The van der Waals surface area contributed by atoms with Crippen LogP contribution in [0.25, 0.3) is 0 Å². The first kappa shape index (κ1) is 14.4. The molecule has 0 aliphatic rings. The molecular weight excluding hydrogens is 231 g/mol. The number of nitrogens with one attached hydrogen (secondary N) is 1. The number of carbonyl (C=O) groups excluding carboxylic acids is 1. The van der Waals surface area contributed by atoms with E-state index in [2.05, 4.69) is 11.3 Å². The van der Waals surface area contributed by atoms with Crippen molar-refractivity contribution < 1.29 is 32.6 Å². The maximum absolute atomic E-state index is 11.8. The number of hydrogen-bond acceptors (Lipinski definition) is 3. The van der Waals surface area contributed by atoms with Gasteiger partial charge in [-0.05, 0) is 0 Å². The van der Waals surface area contributed by atoms with E-state index in [4.69, 9.17) is 5.11 Å². The zero-order valence-corrected chi connectivity index (χ0v) is 8.08. The summed E-state index contributed by atoms with van der Waals surface area (Å²) < 4.78 is 40.0. The van der Waals surface area contributed by atoms with E-state index in [0.29, 0.717) is 0 Å². The van der Waals surface area contributed by atoms with Crippen molar-refractivity contribution in [2.45, 2.75) is 12.2 Å². The Labute approximate surface area is 88.9 Å². The highest BCUT2D eigenvalue weighted by Crippen LogP contribution is 2.14. The third-order valence-corrected chi connectivity index (χ3v) is 1.38. The van der Waals surface area contributed by atoms with Crippen LogP contribution in [0, 0.1) is 0 Å². The number of aliphatic carboxylic acids is 1. The lowest BCUT2D eigenvalue weighted by Crippen LogP contribution is -2.49. The van der Waals surface area contributed by atoms with E-state index in [0.717, 1.165) is 0 Å². The number of ether oxygens (including phenoxy) is 1. The first-order valence-corrected chi connectivity index (χ1v) is 4.08. The number of carbonyl (C=O) groups is 2. The lowest BCUT2D eigenvalue weighted by atomic mass is 10.3. The SMILES string of the molecule is C=CCOCC(NC(=O)C(F)(F)F)C(=O)O. The van der Waals surface area contributed by atoms with Crippen LogP contribution in [0.2, 0.25) is 0 Å². The third-order valence-electron chi connectivity index (χ3n) is 1.38. The molecule has 8 heteroatoms. The fraction of sp³-hybridized carbons (Fsp3) is 0.500. The number of hydrogen-bond donors (Lipinski definition) is 2. The smallest absolute Gasteiger partial charge is 0.471 e. The zero-order valence-electron chi connectivity index (χ0n) is 8.08. The van der Waals surface area contributed by atoms with Crippen LogP contribution in [-0.4, -0.2) is 42.4 Å². The van der Waals surface area contributed by atoms with Crippen molar-refractivity contribution in [3.63, 3.8) is 0 Å². The lowest BCUT2D eigenvalue weighted by molar-refractivity contribution is -0.176. The van der Waals surface area contributed by atoms with E-state index in [1.807, 2.05) is 0 Å². The summed E-state index contributed by atoms with van der Waals surface area (Å²) >= 11 is 0. The molecule has 1 unspecified atom stereocenters. The number of carboxylic acids is 1. The molecule has 0 heterocycles. The summed E-state index contributed by atoms with van der Waals surface area (Å²) in [6, 6.07) is -1.74. The quantitative estimate of drug-likeness (QED) is 0.518. The molecule has 1 atom stereocenters. The Morgan fingerprint density at radius 3 is 2.44 bits per heavy atom. The van der Waals surface area contributed by atoms with Crippen molar-refractivity contribution in [1.29, 1.82) is 0 Å². The molecule has 2 N–H and O–H groups in total. The van der Waals surface area contributed by atoms with Gasteiger partial charge in [0.2, 0.25) is 0 Å². The first-order chi connectivity index (χ1) is 7.29. The topological polar surface area (TPSA) is 75.6 Å². The average molecular weight is 241 g/mol. The molecule has 0 aromatic carbocycles. The Morgan fingerprint density at radius 1 is 1.50 bits per heavy atom. The minimum Gasteiger partial charge on any atom is -0.480 e. The Balaban J connectivity index is 4.29. The molecule has 0 fully saturated rings. The molecule has 5 nitrogen and oxygen atoms in total. The fourth-order valence-electron chi connectivity index (χ4n) is 0.684. The maximum atomic E-state index is 11.8. The van der Waals surface area contributed by atoms with Crippen molar-refractivity contribution in [3.05, 3.63) is 12.7 Å². The molecule has 0 radical (unpaired) electrons. The number of amides is 1. The number of carboxylic acid groups (broad SMARTS) is 1. The standard InChI is InChI=1S/C8H10F3NO4/c1-2-3-16-4-5(6(13)14)12-7(15)8(9,10)11/h2,5H,1,3-4H2,(H,12,15)(H,13,14). The van der Waals surface area contributed by atoms with Crippen LogP contribution in [0.4, 0.5) is 13.2 Å². The van der Waals surface area contributed by atoms with Crippen LogP contribution >= 0.6 is 0 Å². The van der Waals surface area contributed by atoms with Gasteiger partial charge in [0, 0.05) is 0 Å². The lowest BCUT2D eigenvalue weighted by Gasteiger charge is -2.15. The molecule has 0 spiro atoms. The van der Waals surface area contributed by atoms with E-state index >= 15 is 0 Å². The summed E-state index contributed by atoms with van der Waals surface area (Å²) in [5, 5.41) is 9.79. The Kier molecular flexibility index (Phi) is 5.51. The van der Waals surface area contributed by atoms with Crippen molar-refractivity contribution in [2.75, 3.05) is 13.2 Å². The van der Waals surface area contributed by atoms with Gasteiger partial charge in [0.05, 0.1) is 13.2 Å². The summed E-state index contributed by atoms with van der Waals surface area (Å²) in [7, 11) is 0. The van der Waals surface area contributed by atoms with Crippen molar-refractivity contribution in [2.24, 2.45) is 0 Å². The Hall–Kier alpha value is -1.57. The minimum atomic E-state index is -5.12. The maximum Gasteiger partial charge on any atom is 0.471 e. The summed E-state index contributed by atoms with van der Waals surface area (Å²) in [6.07, 6.45) is -3.82.